The molecule has 5 nitrogen and oxygen atoms in total. The zero-order valence-corrected chi connectivity index (χ0v) is 16.6. The number of hydrogen-bond acceptors (Lipinski definition) is 5. The van der Waals surface area contributed by atoms with Crippen LogP contribution in [0, 0.1) is 0 Å². The lowest BCUT2D eigenvalue weighted by molar-refractivity contribution is -0.137. The van der Waals surface area contributed by atoms with Gasteiger partial charge in [-0.2, -0.15) is 13.2 Å². The highest BCUT2D eigenvalue weighted by atomic mass is 19.4. The van der Waals surface area contributed by atoms with E-state index in [1.54, 1.807) is 7.11 Å². The lowest BCUT2D eigenvalue weighted by atomic mass is 10.1. The molecule has 4 rings (SSSR count). The maximum atomic E-state index is 12.8. The molecule has 0 aliphatic rings. The van der Waals surface area contributed by atoms with E-state index in [4.69, 9.17) is 4.74 Å². The molecule has 31 heavy (non-hydrogen) atoms. The van der Waals surface area contributed by atoms with Crippen molar-refractivity contribution in [3.8, 4) is 5.75 Å². The largest absolute Gasteiger partial charge is 0.497 e. The summed E-state index contributed by atoms with van der Waals surface area (Å²) in [5, 5.41) is 7.18. The molecule has 1 heterocycles. The standard InChI is InChI=1S/C23H19F3N4O/c1-31-19-4-2-3-15(11-19)13-27-18-9-10-21-20(12-18)22(29-14-28-21)30-17-7-5-16(6-8-17)23(24,25)26/h2-12,14,27H,13H2,1H3,(H,28,29,30). The van der Waals surface area contributed by atoms with E-state index in [0.29, 0.717) is 18.1 Å². The van der Waals surface area contributed by atoms with Crippen LogP contribution in [0.2, 0.25) is 0 Å². The Kier molecular flexibility index (Phi) is 5.62. The third-order valence-corrected chi connectivity index (χ3v) is 4.74. The van der Waals surface area contributed by atoms with Crippen LogP contribution in [-0.2, 0) is 12.7 Å². The third kappa shape index (κ3) is 4.85. The van der Waals surface area contributed by atoms with Gasteiger partial charge < -0.3 is 15.4 Å². The van der Waals surface area contributed by atoms with Crippen molar-refractivity contribution < 1.29 is 17.9 Å². The number of halogens is 3. The number of benzene rings is 3. The number of alkyl halides is 3. The summed E-state index contributed by atoms with van der Waals surface area (Å²) in [4.78, 5) is 8.53. The third-order valence-electron chi connectivity index (χ3n) is 4.74. The second kappa shape index (κ2) is 8.51. The van der Waals surface area contributed by atoms with Crippen LogP contribution in [0.5, 0.6) is 5.75 Å². The minimum Gasteiger partial charge on any atom is -0.497 e. The van der Waals surface area contributed by atoms with Gasteiger partial charge in [0.15, 0.2) is 0 Å². The van der Waals surface area contributed by atoms with E-state index in [1.165, 1.54) is 18.5 Å². The van der Waals surface area contributed by atoms with E-state index in [1.807, 2.05) is 42.5 Å². The van der Waals surface area contributed by atoms with Gasteiger partial charge >= 0.3 is 6.18 Å². The molecule has 0 fully saturated rings. The topological polar surface area (TPSA) is 59.1 Å². The SMILES string of the molecule is COc1cccc(CNc2ccc3ncnc(Nc4ccc(C(F)(F)F)cc4)c3c2)c1. The van der Waals surface area contributed by atoms with Crippen LogP contribution >= 0.6 is 0 Å². The number of methoxy groups -OCH3 is 1. The molecule has 158 valence electrons. The highest BCUT2D eigenvalue weighted by molar-refractivity contribution is 5.92. The zero-order valence-electron chi connectivity index (χ0n) is 16.6. The Balaban J connectivity index is 1.55. The summed E-state index contributed by atoms with van der Waals surface area (Å²) in [5.41, 5.74) is 2.45. The Hall–Kier alpha value is -3.81. The second-order valence-electron chi connectivity index (χ2n) is 6.86. The number of fused-ring (bicyclic) bond motifs is 1. The summed E-state index contributed by atoms with van der Waals surface area (Å²) >= 11 is 0. The van der Waals surface area contributed by atoms with Crippen molar-refractivity contribution in [2.45, 2.75) is 12.7 Å². The first-order valence-corrected chi connectivity index (χ1v) is 9.48. The van der Waals surface area contributed by atoms with Gasteiger partial charge in [0.1, 0.15) is 17.9 Å². The van der Waals surface area contributed by atoms with Crippen molar-refractivity contribution in [3.63, 3.8) is 0 Å². The maximum Gasteiger partial charge on any atom is 0.416 e. The predicted molar refractivity (Wildman–Crippen MR) is 115 cm³/mol. The fourth-order valence-electron chi connectivity index (χ4n) is 3.13. The van der Waals surface area contributed by atoms with Crippen molar-refractivity contribution in [2.75, 3.05) is 17.7 Å². The molecule has 3 aromatic carbocycles. The number of hydrogen-bond donors (Lipinski definition) is 2. The van der Waals surface area contributed by atoms with E-state index in [-0.39, 0.29) is 0 Å². The molecule has 0 saturated carbocycles. The Bertz CT molecular complexity index is 1190. The summed E-state index contributed by atoms with van der Waals surface area (Å²) in [6.07, 6.45) is -2.96. The summed E-state index contributed by atoms with van der Waals surface area (Å²) in [5.74, 6) is 1.30. The Morgan fingerprint density at radius 2 is 1.68 bits per heavy atom. The van der Waals surface area contributed by atoms with E-state index in [2.05, 4.69) is 20.6 Å². The Morgan fingerprint density at radius 1 is 0.903 bits per heavy atom. The minimum atomic E-state index is -4.37. The molecule has 0 radical (unpaired) electrons. The monoisotopic (exact) mass is 424 g/mol. The maximum absolute atomic E-state index is 12.8. The van der Waals surface area contributed by atoms with Crippen LogP contribution in [0.3, 0.4) is 0 Å². The van der Waals surface area contributed by atoms with Gasteiger partial charge in [-0.05, 0) is 60.2 Å². The van der Waals surface area contributed by atoms with Gasteiger partial charge in [0.2, 0.25) is 0 Å². The smallest absolute Gasteiger partial charge is 0.416 e. The predicted octanol–water partition coefficient (Wildman–Crippen LogP) is 6.01. The van der Waals surface area contributed by atoms with Gasteiger partial charge in [0.05, 0.1) is 18.2 Å². The summed E-state index contributed by atoms with van der Waals surface area (Å²) in [6, 6.07) is 18.3. The molecule has 2 N–H and O–H groups in total. The first kappa shape index (κ1) is 20.5. The van der Waals surface area contributed by atoms with Gasteiger partial charge in [-0.1, -0.05) is 12.1 Å². The molecule has 0 unspecified atom stereocenters. The number of nitrogens with one attached hydrogen (secondary N) is 2. The van der Waals surface area contributed by atoms with Gasteiger partial charge in [-0.15, -0.1) is 0 Å². The van der Waals surface area contributed by atoms with Crippen LogP contribution in [0.4, 0.5) is 30.4 Å². The molecule has 0 aliphatic carbocycles. The average Bonchev–Trinajstić information content (AvgIpc) is 2.78. The fraction of sp³-hybridized carbons (Fsp3) is 0.130. The molecule has 4 aromatic rings. The second-order valence-corrected chi connectivity index (χ2v) is 6.86. The zero-order chi connectivity index (χ0) is 21.8. The van der Waals surface area contributed by atoms with Crippen molar-refractivity contribution in [3.05, 3.63) is 84.2 Å². The van der Waals surface area contributed by atoms with Crippen LogP contribution < -0.4 is 15.4 Å². The average molecular weight is 424 g/mol. The summed E-state index contributed by atoms with van der Waals surface area (Å²) in [6.45, 7) is 0.595. The van der Waals surface area contributed by atoms with E-state index < -0.39 is 11.7 Å². The van der Waals surface area contributed by atoms with Crippen molar-refractivity contribution in [1.29, 1.82) is 0 Å². The number of nitrogens with zero attached hydrogens (tertiary/aromatic N) is 2. The van der Waals surface area contributed by atoms with E-state index in [9.17, 15) is 13.2 Å². The first-order valence-electron chi connectivity index (χ1n) is 9.48. The van der Waals surface area contributed by atoms with E-state index >= 15 is 0 Å². The molecule has 8 heteroatoms. The van der Waals surface area contributed by atoms with Crippen molar-refractivity contribution >= 4 is 28.1 Å². The molecular weight excluding hydrogens is 405 g/mol. The number of aromatic nitrogens is 2. The Morgan fingerprint density at radius 3 is 2.42 bits per heavy atom. The van der Waals surface area contributed by atoms with Crippen LogP contribution in [-0.4, -0.2) is 17.1 Å². The lowest BCUT2D eigenvalue weighted by Crippen LogP contribution is -2.04. The quantitative estimate of drug-likeness (QED) is 0.397. The normalized spacial score (nSPS) is 11.4. The molecule has 0 bridgehead atoms. The molecule has 0 amide bonds. The van der Waals surface area contributed by atoms with Gasteiger partial charge in [0.25, 0.3) is 0 Å². The van der Waals surface area contributed by atoms with Crippen LogP contribution in [0.1, 0.15) is 11.1 Å². The lowest BCUT2D eigenvalue weighted by Gasteiger charge is -2.12. The van der Waals surface area contributed by atoms with Gasteiger partial charge in [-0.25, -0.2) is 9.97 Å². The molecular formula is C23H19F3N4O. The van der Waals surface area contributed by atoms with E-state index in [0.717, 1.165) is 40.0 Å². The van der Waals surface area contributed by atoms with Crippen molar-refractivity contribution in [1.82, 2.24) is 9.97 Å². The first-order chi connectivity index (χ1) is 14.9. The summed E-state index contributed by atoms with van der Waals surface area (Å²) in [7, 11) is 1.63. The van der Waals surface area contributed by atoms with Crippen LogP contribution in [0.15, 0.2) is 73.1 Å². The molecule has 0 saturated heterocycles. The Labute approximate surface area is 176 Å². The highest BCUT2D eigenvalue weighted by Crippen LogP contribution is 2.31. The molecule has 0 atom stereocenters. The van der Waals surface area contributed by atoms with Gasteiger partial charge in [0, 0.05) is 23.3 Å². The minimum absolute atomic E-state index is 0.503. The molecule has 1 aromatic heterocycles. The fourth-order valence-corrected chi connectivity index (χ4v) is 3.13. The van der Waals surface area contributed by atoms with Crippen LogP contribution in [0.25, 0.3) is 10.9 Å². The number of rotatable bonds is 6. The molecule has 0 spiro atoms. The summed E-state index contributed by atoms with van der Waals surface area (Å²) < 4.78 is 43.6. The number of ether oxygens (including phenoxy) is 1. The van der Waals surface area contributed by atoms with Crippen molar-refractivity contribution in [2.24, 2.45) is 0 Å². The van der Waals surface area contributed by atoms with Gasteiger partial charge in [-0.3, -0.25) is 0 Å². The molecule has 0 aliphatic heterocycles. The highest BCUT2D eigenvalue weighted by Gasteiger charge is 2.29. The number of anilines is 3.